The van der Waals surface area contributed by atoms with Gasteiger partial charge in [-0.25, -0.2) is 9.59 Å². The van der Waals surface area contributed by atoms with Crippen LogP contribution < -0.4 is 5.32 Å². The van der Waals surface area contributed by atoms with E-state index in [0.717, 1.165) is 9.13 Å². The first-order chi connectivity index (χ1) is 13.9. The number of nitrogens with one attached hydrogen (secondary N) is 1. The molecule has 2 amide bonds. The number of amides is 2. The van der Waals surface area contributed by atoms with Crippen molar-refractivity contribution < 1.29 is 24.5 Å². The van der Waals surface area contributed by atoms with Gasteiger partial charge in [-0.3, -0.25) is 0 Å². The van der Waals surface area contributed by atoms with E-state index in [4.69, 9.17) is 4.74 Å². The Morgan fingerprint density at radius 3 is 2.48 bits per heavy atom. The molecule has 1 saturated heterocycles. The van der Waals surface area contributed by atoms with Gasteiger partial charge in [0.1, 0.15) is 12.1 Å². The topological polar surface area (TPSA) is 99.1 Å². The van der Waals surface area contributed by atoms with Crippen LogP contribution in [-0.4, -0.2) is 52.0 Å². The van der Waals surface area contributed by atoms with E-state index >= 15 is 0 Å². The summed E-state index contributed by atoms with van der Waals surface area (Å²) in [6.45, 7) is 1.27. The smallest absolute Gasteiger partial charge is 0.329 e. The van der Waals surface area contributed by atoms with Crippen LogP contribution in [0.15, 0.2) is 54.6 Å². The molecule has 1 aliphatic rings. The molecule has 4 atom stereocenters. The van der Waals surface area contributed by atoms with E-state index in [0.29, 0.717) is 5.69 Å². The molecule has 7 nitrogen and oxygen atoms in total. The molecule has 3 rings (SSSR count). The molecule has 8 heteroatoms. The van der Waals surface area contributed by atoms with E-state index < -0.39 is 42.8 Å². The third-order valence-electron chi connectivity index (χ3n) is 4.97. The number of rotatable bonds is 6. The van der Waals surface area contributed by atoms with Crippen molar-refractivity contribution in [3.05, 3.63) is 63.7 Å². The highest BCUT2D eigenvalue weighted by Crippen LogP contribution is 2.31. The molecule has 1 fully saturated rings. The van der Waals surface area contributed by atoms with Crippen molar-refractivity contribution in [1.82, 2.24) is 4.90 Å². The van der Waals surface area contributed by atoms with Gasteiger partial charge in [0.05, 0.1) is 18.6 Å². The highest BCUT2D eigenvalue weighted by Gasteiger charge is 2.50. The van der Waals surface area contributed by atoms with Crippen LogP contribution in [0.2, 0.25) is 0 Å². The summed E-state index contributed by atoms with van der Waals surface area (Å²) < 4.78 is 6.36. The standard InChI is InChI=1S/C21H23IN2O5/c1-13-18(17(26)12-25)19(20(27)29-13)24(11-14-7-9-15(22)10-8-14)21(28)23-16-5-3-2-4-6-16/h2-10,13,17-19,25-26H,11-12H2,1H3,(H,23,28)/t13-,17-,18+,19-/m1/s1. The molecule has 0 aromatic heterocycles. The zero-order valence-corrected chi connectivity index (χ0v) is 18.0. The van der Waals surface area contributed by atoms with Crippen molar-refractivity contribution in [2.45, 2.75) is 31.7 Å². The average molecular weight is 510 g/mol. The molecule has 0 saturated carbocycles. The Morgan fingerprint density at radius 2 is 1.86 bits per heavy atom. The van der Waals surface area contributed by atoms with E-state index in [-0.39, 0.29) is 6.54 Å². The Hall–Kier alpha value is -2.17. The molecule has 0 radical (unpaired) electrons. The van der Waals surface area contributed by atoms with Gasteiger partial charge in [-0.2, -0.15) is 0 Å². The van der Waals surface area contributed by atoms with Gasteiger partial charge in [0, 0.05) is 15.8 Å². The lowest BCUT2D eigenvalue weighted by Gasteiger charge is -2.32. The SMILES string of the molecule is C[C@H]1OC(=O)[C@H](N(Cc2ccc(I)cc2)C(=O)Nc2ccccc2)[C@@H]1[C@H](O)CO. The zero-order valence-electron chi connectivity index (χ0n) is 15.9. The number of aliphatic hydroxyl groups excluding tert-OH is 2. The van der Waals surface area contributed by atoms with Gasteiger partial charge in [-0.05, 0) is 59.3 Å². The van der Waals surface area contributed by atoms with Crippen LogP contribution in [0, 0.1) is 9.49 Å². The number of carbonyl (C=O) groups is 2. The van der Waals surface area contributed by atoms with E-state index in [9.17, 15) is 19.8 Å². The molecular weight excluding hydrogens is 487 g/mol. The highest BCUT2D eigenvalue weighted by atomic mass is 127. The fraction of sp³-hybridized carbons (Fsp3) is 0.333. The average Bonchev–Trinajstić information content (AvgIpc) is 3.01. The quantitative estimate of drug-likeness (QED) is 0.410. The number of nitrogens with zero attached hydrogens (tertiary/aromatic N) is 1. The van der Waals surface area contributed by atoms with E-state index in [1.807, 2.05) is 30.3 Å². The second-order valence-corrected chi connectivity index (χ2v) is 8.21. The summed E-state index contributed by atoms with van der Waals surface area (Å²) in [6.07, 6.45) is -1.82. The predicted molar refractivity (Wildman–Crippen MR) is 116 cm³/mol. The van der Waals surface area contributed by atoms with Gasteiger partial charge >= 0.3 is 12.0 Å². The van der Waals surface area contributed by atoms with E-state index in [1.165, 1.54) is 4.90 Å². The maximum absolute atomic E-state index is 13.1. The minimum absolute atomic E-state index is 0.150. The molecule has 0 aliphatic carbocycles. The van der Waals surface area contributed by atoms with E-state index in [1.54, 1.807) is 31.2 Å². The Morgan fingerprint density at radius 1 is 1.21 bits per heavy atom. The van der Waals surface area contributed by atoms with Gasteiger partial charge in [-0.1, -0.05) is 30.3 Å². The molecule has 2 aromatic carbocycles. The van der Waals surface area contributed by atoms with Gasteiger partial charge in [-0.15, -0.1) is 0 Å². The summed E-state index contributed by atoms with van der Waals surface area (Å²) in [7, 11) is 0. The Kier molecular flexibility index (Phi) is 7.09. The van der Waals surface area contributed by atoms with Crippen molar-refractivity contribution in [2.24, 2.45) is 5.92 Å². The number of anilines is 1. The number of esters is 1. The lowest BCUT2D eigenvalue weighted by atomic mass is 9.90. The molecule has 154 valence electrons. The van der Waals surface area contributed by atoms with E-state index in [2.05, 4.69) is 27.9 Å². The number of hydrogen-bond acceptors (Lipinski definition) is 5. The van der Waals surface area contributed by atoms with Crippen molar-refractivity contribution in [3.63, 3.8) is 0 Å². The number of aliphatic hydroxyl groups is 2. The van der Waals surface area contributed by atoms with Gasteiger partial charge in [0.15, 0.2) is 0 Å². The summed E-state index contributed by atoms with van der Waals surface area (Å²) in [6, 6.07) is 15.0. The number of urea groups is 1. The Labute approximate surface area is 182 Å². The van der Waals surface area contributed by atoms with Crippen LogP contribution in [0.25, 0.3) is 0 Å². The number of carbonyl (C=O) groups excluding carboxylic acids is 2. The highest BCUT2D eigenvalue weighted by molar-refractivity contribution is 14.1. The van der Waals surface area contributed by atoms with Crippen molar-refractivity contribution in [2.75, 3.05) is 11.9 Å². The van der Waals surface area contributed by atoms with Gasteiger partial charge in [0.25, 0.3) is 0 Å². The molecule has 1 heterocycles. The maximum atomic E-state index is 13.1. The van der Waals surface area contributed by atoms with Gasteiger partial charge in [0.2, 0.25) is 0 Å². The number of hydrogen-bond donors (Lipinski definition) is 3. The van der Waals surface area contributed by atoms with Crippen LogP contribution in [0.5, 0.6) is 0 Å². The molecular formula is C21H23IN2O5. The summed E-state index contributed by atoms with van der Waals surface area (Å²) in [5.41, 5.74) is 1.42. The Bertz CT molecular complexity index is 846. The van der Waals surface area contributed by atoms with Crippen LogP contribution in [0.4, 0.5) is 10.5 Å². The maximum Gasteiger partial charge on any atom is 0.329 e. The first-order valence-corrected chi connectivity index (χ1v) is 10.3. The molecule has 3 N–H and O–H groups in total. The third-order valence-corrected chi connectivity index (χ3v) is 5.69. The number of para-hydroxylation sites is 1. The second kappa shape index (κ2) is 9.55. The summed E-state index contributed by atoms with van der Waals surface area (Å²) in [4.78, 5) is 27.1. The summed E-state index contributed by atoms with van der Waals surface area (Å²) >= 11 is 2.19. The first kappa shape index (κ1) is 21.5. The van der Waals surface area contributed by atoms with Crippen LogP contribution in [-0.2, 0) is 16.1 Å². The molecule has 1 aliphatic heterocycles. The lowest BCUT2D eigenvalue weighted by Crippen LogP contribution is -2.51. The van der Waals surface area contributed by atoms with Crippen LogP contribution in [0.1, 0.15) is 12.5 Å². The Balaban J connectivity index is 1.93. The van der Waals surface area contributed by atoms with Crippen LogP contribution >= 0.6 is 22.6 Å². The zero-order chi connectivity index (χ0) is 21.0. The molecule has 0 bridgehead atoms. The lowest BCUT2D eigenvalue weighted by molar-refractivity contribution is -0.144. The number of ether oxygens (including phenoxy) is 1. The fourth-order valence-electron chi connectivity index (χ4n) is 3.53. The third kappa shape index (κ3) is 5.06. The summed E-state index contributed by atoms with van der Waals surface area (Å²) in [5.74, 6) is -1.33. The minimum Gasteiger partial charge on any atom is -0.461 e. The molecule has 0 spiro atoms. The first-order valence-electron chi connectivity index (χ1n) is 9.27. The second-order valence-electron chi connectivity index (χ2n) is 6.96. The number of benzene rings is 2. The molecule has 0 unspecified atom stereocenters. The minimum atomic E-state index is -1.19. The number of halogens is 1. The van der Waals surface area contributed by atoms with Crippen molar-refractivity contribution in [1.29, 1.82) is 0 Å². The van der Waals surface area contributed by atoms with Gasteiger partial charge < -0.3 is 25.2 Å². The predicted octanol–water partition coefficient (Wildman–Crippen LogP) is 2.61. The normalized spacial score (nSPS) is 22.1. The fourth-order valence-corrected chi connectivity index (χ4v) is 3.88. The van der Waals surface area contributed by atoms with Crippen molar-refractivity contribution in [3.8, 4) is 0 Å². The largest absolute Gasteiger partial charge is 0.461 e. The summed E-state index contributed by atoms with van der Waals surface area (Å²) in [5, 5.41) is 22.6. The van der Waals surface area contributed by atoms with Crippen LogP contribution in [0.3, 0.4) is 0 Å². The number of cyclic esters (lactones) is 1. The molecule has 2 aromatic rings. The molecule has 29 heavy (non-hydrogen) atoms. The van der Waals surface area contributed by atoms with Crippen molar-refractivity contribution >= 4 is 40.3 Å². The monoisotopic (exact) mass is 510 g/mol.